The first-order valence-electron chi connectivity index (χ1n) is 10.4. The zero-order valence-corrected chi connectivity index (χ0v) is 17.6. The van der Waals surface area contributed by atoms with Gasteiger partial charge in [0.15, 0.2) is 0 Å². The summed E-state index contributed by atoms with van der Waals surface area (Å²) < 4.78 is 0. The molecule has 0 aromatic carbocycles. The minimum atomic E-state index is 0.294. The summed E-state index contributed by atoms with van der Waals surface area (Å²) in [5.41, 5.74) is 14.6. The number of allylic oxidation sites excluding steroid dienone is 3. The van der Waals surface area contributed by atoms with Gasteiger partial charge >= 0.3 is 0 Å². The number of aromatic nitrogens is 4. The first-order valence-corrected chi connectivity index (χ1v) is 10.4. The van der Waals surface area contributed by atoms with Gasteiger partial charge in [0, 0.05) is 53.0 Å². The van der Waals surface area contributed by atoms with Gasteiger partial charge in [-0.25, -0.2) is 4.98 Å². The lowest BCUT2D eigenvalue weighted by molar-refractivity contribution is 1.07. The number of hydrogen-bond donors (Lipinski definition) is 3. The fourth-order valence-corrected chi connectivity index (χ4v) is 3.90. The average Bonchev–Trinajstić information content (AvgIpc) is 3.16. The molecule has 6 nitrogen and oxygen atoms in total. The van der Waals surface area contributed by atoms with Crippen LogP contribution < -0.4 is 5.73 Å². The zero-order chi connectivity index (χ0) is 22.1. The summed E-state index contributed by atoms with van der Waals surface area (Å²) in [6.45, 7) is 2.10. The number of anilines is 1. The second-order valence-electron chi connectivity index (χ2n) is 7.81. The van der Waals surface area contributed by atoms with Gasteiger partial charge in [0.2, 0.25) is 0 Å². The van der Waals surface area contributed by atoms with Crippen molar-refractivity contribution < 1.29 is 0 Å². The van der Waals surface area contributed by atoms with E-state index in [1.54, 1.807) is 18.6 Å². The van der Waals surface area contributed by atoms with Crippen molar-refractivity contribution in [3.8, 4) is 11.3 Å². The minimum absolute atomic E-state index is 0.294. The fourth-order valence-electron chi connectivity index (χ4n) is 3.90. The Labute approximate surface area is 186 Å². The summed E-state index contributed by atoms with van der Waals surface area (Å²) in [6.07, 6.45) is 10.2. The van der Waals surface area contributed by atoms with Gasteiger partial charge in [0.25, 0.3) is 0 Å². The highest BCUT2D eigenvalue weighted by Gasteiger charge is 2.20. The van der Waals surface area contributed by atoms with Crippen LogP contribution >= 0.6 is 0 Å². The molecule has 4 aromatic rings. The topological polar surface area (TPSA) is 104 Å². The highest BCUT2D eigenvalue weighted by Crippen LogP contribution is 2.31. The molecule has 32 heavy (non-hydrogen) atoms. The molecule has 0 atom stereocenters. The fraction of sp³-hybridized carbons (Fsp3) is 0.0769. The van der Waals surface area contributed by atoms with Gasteiger partial charge in [0.1, 0.15) is 5.82 Å². The van der Waals surface area contributed by atoms with Gasteiger partial charge < -0.3 is 10.7 Å². The van der Waals surface area contributed by atoms with E-state index in [2.05, 4.69) is 39.0 Å². The molecule has 6 heteroatoms. The van der Waals surface area contributed by atoms with Crippen LogP contribution in [-0.2, 0) is 6.42 Å². The standard InChI is InChI=1S/C26H22N6/c1-16-8-9-18(22-7-3-5-11-30-22)19-14-24(32-23(19)12-16)25(27)20-13-17(15-31-26(20)28)21-6-2-4-10-29-21/h2-11,13-15,27,32H,12H2,1H3,(H2,28,31). The summed E-state index contributed by atoms with van der Waals surface area (Å²) in [5.74, 6) is 0.316. The quantitative estimate of drug-likeness (QED) is 0.414. The number of fused-ring (bicyclic) bond motifs is 1. The number of hydrogen-bond acceptors (Lipinski definition) is 5. The molecule has 5 rings (SSSR count). The molecular weight excluding hydrogens is 396 g/mol. The van der Waals surface area contributed by atoms with Crippen molar-refractivity contribution in [2.45, 2.75) is 13.3 Å². The van der Waals surface area contributed by atoms with Crippen LogP contribution in [0.25, 0.3) is 16.8 Å². The number of nitrogens with zero attached hydrogens (tertiary/aromatic N) is 3. The summed E-state index contributed by atoms with van der Waals surface area (Å²) in [4.78, 5) is 16.7. The largest absolute Gasteiger partial charge is 0.383 e. The van der Waals surface area contributed by atoms with Gasteiger partial charge in [0.05, 0.1) is 22.8 Å². The molecule has 4 N–H and O–H groups in total. The van der Waals surface area contributed by atoms with Crippen LogP contribution in [-0.4, -0.2) is 25.6 Å². The van der Waals surface area contributed by atoms with Crippen LogP contribution in [0.2, 0.25) is 0 Å². The third kappa shape index (κ3) is 3.63. The normalized spacial score (nSPS) is 13.0. The van der Waals surface area contributed by atoms with Crippen molar-refractivity contribution >= 4 is 17.1 Å². The number of nitrogens with two attached hydrogens (primary N) is 1. The van der Waals surface area contributed by atoms with E-state index < -0.39 is 0 Å². The molecule has 0 aliphatic heterocycles. The Balaban J connectivity index is 1.57. The predicted octanol–water partition coefficient (Wildman–Crippen LogP) is 4.80. The Kier molecular flexibility index (Phi) is 4.95. The SMILES string of the molecule is CC1=CC=C(c2ccccn2)c2cc(C(=N)c3cc(-c4ccccn4)cnc3N)[nH]c2C1. The molecule has 4 aromatic heterocycles. The van der Waals surface area contributed by atoms with Gasteiger partial charge in [-0.3, -0.25) is 15.4 Å². The Morgan fingerprint density at radius 2 is 1.72 bits per heavy atom. The highest BCUT2D eigenvalue weighted by molar-refractivity contribution is 6.13. The molecular formula is C26H22N6. The van der Waals surface area contributed by atoms with Crippen molar-refractivity contribution in [2.75, 3.05) is 5.73 Å². The number of H-pyrrole nitrogens is 1. The number of nitrogens with one attached hydrogen (secondary N) is 2. The Morgan fingerprint density at radius 3 is 2.44 bits per heavy atom. The summed E-state index contributed by atoms with van der Waals surface area (Å²) in [7, 11) is 0. The van der Waals surface area contributed by atoms with Crippen LogP contribution in [0.15, 0.2) is 84.8 Å². The number of pyridine rings is 3. The van der Waals surface area contributed by atoms with Crippen molar-refractivity contribution in [3.05, 3.63) is 113 Å². The molecule has 156 valence electrons. The molecule has 1 aliphatic carbocycles. The maximum Gasteiger partial charge on any atom is 0.132 e. The molecule has 0 bridgehead atoms. The Bertz CT molecular complexity index is 1360. The maximum atomic E-state index is 8.91. The van der Waals surface area contributed by atoms with Crippen LogP contribution in [0.1, 0.15) is 35.1 Å². The first kappa shape index (κ1) is 19.6. The van der Waals surface area contributed by atoms with E-state index >= 15 is 0 Å². The predicted molar refractivity (Wildman–Crippen MR) is 127 cm³/mol. The highest BCUT2D eigenvalue weighted by atomic mass is 14.8. The molecule has 4 heterocycles. The zero-order valence-electron chi connectivity index (χ0n) is 17.6. The Morgan fingerprint density at radius 1 is 0.969 bits per heavy atom. The number of nitrogen functional groups attached to an aromatic ring is 1. The van der Waals surface area contributed by atoms with Crippen LogP contribution in [0, 0.1) is 5.41 Å². The summed E-state index contributed by atoms with van der Waals surface area (Å²) in [5, 5.41) is 8.91. The third-order valence-corrected chi connectivity index (χ3v) is 5.54. The lowest BCUT2D eigenvalue weighted by atomic mass is 10.00. The van der Waals surface area contributed by atoms with E-state index in [1.165, 1.54) is 5.57 Å². The van der Waals surface area contributed by atoms with E-state index in [-0.39, 0.29) is 0 Å². The molecule has 0 unspecified atom stereocenters. The van der Waals surface area contributed by atoms with Gasteiger partial charge in [-0.05, 0) is 43.3 Å². The molecule has 0 amide bonds. The van der Waals surface area contributed by atoms with Gasteiger partial charge in [-0.1, -0.05) is 29.9 Å². The average molecular weight is 419 g/mol. The maximum absolute atomic E-state index is 8.91. The lowest BCUT2D eigenvalue weighted by Crippen LogP contribution is -2.08. The molecule has 0 saturated carbocycles. The van der Waals surface area contributed by atoms with E-state index in [0.29, 0.717) is 22.8 Å². The third-order valence-electron chi connectivity index (χ3n) is 5.54. The van der Waals surface area contributed by atoms with E-state index in [4.69, 9.17) is 11.1 Å². The number of aromatic amines is 1. The van der Waals surface area contributed by atoms with Gasteiger partial charge in [-0.2, -0.15) is 0 Å². The van der Waals surface area contributed by atoms with E-state index in [0.717, 1.165) is 40.2 Å². The second-order valence-corrected chi connectivity index (χ2v) is 7.81. The Hall–Kier alpha value is -4.32. The van der Waals surface area contributed by atoms with Gasteiger partial charge in [-0.15, -0.1) is 0 Å². The van der Waals surface area contributed by atoms with Crippen LogP contribution in [0.3, 0.4) is 0 Å². The van der Waals surface area contributed by atoms with E-state index in [1.807, 2.05) is 48.5 Å². The van der Waals surface area contributed by atoms with E-state index in [9.17, 15) is 0 Å². The van der Waals surface area contributed by atoms with Crippen molar-refractivity contribution in [1.82, 2.24) is 19.9 Å². The van der Waals surface area contributed by atoms with Crippen LogP contribution in [0.5, 0.6) is 0 Å². The van der Waals surface area contributed by atoms with Crippen molar-refractivity contribution in [3.63, 3.8) is 0 Å². The van der Waals surface area contributed by atoms with Crippen molar-refractivity contribution in [1.29, 1.82) is 5.41 Å². The minimum Gasteiger partial charge on any atom is -0.383 e. The molecule has 0 radical (unpaired) electrons. The van der Waals surface area contributed by atoms with Crippen molar-refractivity contribution in [2.24, 2.45) is 0 Å². The molecule has 0 fully saturated rings. The monoisotopic (exact) mass is 418 g/mol. The molecule has 1 aliphatic rings. The lowest BCUT2D eigenvalue weighted by Gasteiger charge is -2.08. The first-order chi connectivity index (χ1) is 15.6. The molecule has 0 spiro atoms. The second kappa shape index (κ2) is 8.07. The number of rotatable bonds is 4. The summed E-state index contributed by atoms with van der Waals surface area (Å²) in [6, 6.07) is 15.5. The smallest absolute Gasteiger partial charge is 0.132 e. The molecule has 0 saturated heterocycles. The van der Waals surface area contributed by atoms with Crippen LogP contribution in [0.4, 0.5) is 5.82 Å². The summed E-state index contributed by atoms with van der Waals surface area (Å²) >= 11 is 0.